The minimum Gasteiger partial charge on any atom is -0.398 e. The molecule has 5 heteroatoms. The SMILES string of the molecule is Nc1ccc(-c2nc(Cc3ccccc3)no2)cc1Br. The van der Waals surface area contributed by atoms with Crippen molar-refractivity contribution in [1.29, 1.82) is 0 Å². The van der Waals surface area contributed by atoms with E-state index in [1.54, 1.807) is 6.07 Å². The molecule has 0 saturated heterocycles. The monoisotopic (exact) mass is 329 g/mol. The minimum atomic E-state index is 0.497. The van der Waals surface area contributed by atoms with Crippen LogP contribution < -0.4 is 5.73 Å². The third-order valence-corrected chi connectivity index (χ3v) is 3.61. The predicted octanol–water partition coefficient (Wildman–Crippen LogP) is 3.67. The number of nitrogens with zero attached hydrogens (tertiary/aromatic N) is 2. The molecule has 4 nitrogen and oxygen atoms in total. The van der Waals surface area contributed by atoms with E-state index < -0.39 is 0 Å². The second-order valence-electron chi connectivity index (χ2n) is 4.41. The van der Waals surface area contributed by atoms with E-state index in [0.29, 0.717) is 23.8 Å². The zero-order chi connectivity index (χ0) is 13.9. The Bertz CT molecular complexity index is 725. The van der Waals surface area contributed by atoms with E-state index >= 15 is 0 Å². The summed E-state index contributed by atoms with van der Waals surface area (Å²) in [6.07, 6.45) is 0.653. The van der Waals surface area contributed by atoms with Gasteiger partial charge in [-0.25, -0.2) is 0 Å². The standard InChI is InChI=1S/C15H12BrN3O/c16-12-9-11(6-7-13(12)17)15-18-14(19-20-15)8-10-4-2-1-3-5-10/h1-7,9H,8,17H2. The average Bonchev–Trinajstić information content (AvgIpc) is 2.91. The molecular formula is C15H12BrN3O. The largest absolute Gasteiger partial charge is 0.398 e. The Labute approximate surface area is 124 Å². The Morgan fingerprint density at radius 1 is 1.10 bits per heavy atom. The first-order valence-electron chi connectivity index (χ1n) is 6.14. The summed E-state index contributed by atoms with van der Waals surface area (Å²) in [6.45, 7) is 0. The van der Waals surface area contributed by atoms with E-state index in [2.05, 4.69) is 26.1 Å². The lowest BCUT2D eigenvalue weighted by atomic mass is 10.1. The number of hydrogen-bond donors (Lipinski definition) is 1. The fourth-order valence-electron chi connectivity index (χ4n) is 1.88. The maximum Gasteiger partial charge on any atom is 0.257 e. The number of aromatic nitrogens is 2. The normalized spacial score (nSPS) is 10.7. The first-order chi connectivity index (χ1) is 9.72. The first-order valence-corrected chi connectivity index (χ1v) is 6.93. The number of halogens is 1. The topological polar surface area (TPSA) is 64.9 Å². The molecule has 0 atom stereocenters. The Hall–Kier alpha value is -2.14. The van der Waals surface area contributed by atoms with Gasteiger partial charge in [0.05, 0.1) is 0 Å². The van der Waals surface area contributed by atoms with E-state index in [1.165, 1.54) is 0 Å². The van der Waals surface area contributed by atoms with Crippen molar-refractivity contribution in [3.8, 4) is 11.5 Å². The lowest BCUT2D eigenvalue weighted by molar-refractivity contribution is 0.424. The molecule has 1 aromatic heterocycles. The van der Waals surface area contributed by atoms with Crippen molar-refractivity contribution in [2.45, 2.75) is 6.42 Å². The number of benzene rings is 2. The molecule has 0 amide bonds. The molecule has 0 fully saturated rings. The fourth-order valence-corrected chi connectivity index (χ4v) is 2.26. The summed E-state index contributed by atoms with van der Waals surface area (Å²) in [5.74, 6) is 1.16. The molecule has 2 aromatic carbocycles. The third kappa shape index (κ3) is 2.72. The van der Waals surface area contributed by atoms with Crippen molar-refractivity contribution in [3.05, 3.63) is 64.4 Å². The van der Waals surface area contributed by atoms with Gasteiger partial charge in [0.15, 0.2) is 5.82 Å². The zero-order valence-corrected chi connectivity index (χ0v) is 12.2. The van der Waals surface area contributed by atoms with Crippen LogP contribution in [-0.4, -0.2) is 10.1 Å². The van der Waals surface area contributed by atoms with Crippen molar-refractivity contribution in [2.24, 2.45) is 0 Å². The summed E-state index contributed by atoms with van der Waals surface area (Å²) in [6, 6.07) is 15.6. The van der Waals surface area contributed by atoms with Crippen LogP contribution in [0.25, 0.3) is 11.5 Å². The highest BCUT2D eigenvalue weighted by Crippen LogP contribution is 2.26. The molecule has 0 radical (unpaired) electrons. The van der Waals surface area contributed by atoms with Crippen LogP contribution in [0.4, 0.5) is 5.69 Å². The van der Waals surface area contributed by atoms with Gasteiger partial charge in [-0.15, -0.1) is 0 Å². The van der Waals surface area contributed by atoms with Crippen LogP contribution in [0.5, 0.6) is 0 Å². The second-order valence-corrected chi connectivity index (χ2v) is 5.27. The quantitative estimate of drug-likeness (QED) is 0.744. The Kier molecular flexibility index (Phi) is 3.52. The van der Waals surface area contributed by atoms with Gasteiger partial charge >= 0.3 is 0 Å². The number of anilines is 1. The Morgan fingerprint density at radius 3 is 2.65 bits per heavy atom. The van der Waals surface area contributed by atoms with Crippen LogP contribution in [-0.2, 0) is 6.42 Å². The van der Waals surface area contributed by atoms with Gasteiger partial charge < -0.3 is 10.3 Å². The van der Waals surface area contributed by atoms with E-state index in [-0.39, 0.29) is 0 Å². The summed E-state index contributed by atoms with van der Waals surface area (Å²) < 4.78 is 6.11. The molecule has 0 unspecified atom stereocenters. The highest BCUT2D eigenvalue weighted by atomic mass is 79.9. The van der Waals surface area contributed by atoms with Gasteiger partial charge in [-0.3, -0.25) is 0 Å². The molecule has 1 heterocycles. The van der Waals surface area contributed by atoms with Crippen LogP contribution in [0, 0.1) is 0 Å². The van der Waals surface area contributed by atoms with Crippen molar-refractivity contribution in [1.82, 2.24) is 10.1 Å². The van der Waals surface area contributed by atoms with Crippen molar-refractivity contribution in [3.63, 3.8) is 0 Å². The highest BCUT2D eigenvalue weighted by Gasteiger charge is 2.10. The van der Waals surface area contributed by atoms with Gasteiger partial charge in [0, 0.05) is 22.1 Å². The van der Waals surface area contributed by atoms with Crippen molar-refractivity contribution < 1.29 is 4.52 Å². The van der Waals surface area contributed by atoms with E-state index in [9.17, 15) is 0 Å². The average molecular weight is 330 g/mol. The van der Waals surface area contributed by atoms with Crippen molar-refractivity contribution >= 4 is 21.6 Å². The zero-order valence-electron chi connectivity index (χ0n) is 10.6. The van der Waals surface area contributed by atoms with Crippen LogP contribution in [0.3, 0.4) is 0 Å². The van der Waals surface area contributed by atoms with Gasteiger partial charge in [-0.05, 0) is 39.7 Å². The molecule has 0 aliphatic heterocycles. The number of nitrogen functional groups attached to an aromatic ring is 1. The molecular weight excluding hydrogens is 318 g/mol. The lowest BCUT2D eigenvalue weighted by Crippen LogP contribution is -1.90. The van der Waals surface area contributed by atoms with E-state index in [0.717, 1.165) is 15.6 Å². The number of nitrogens with two attached hydrogens (primary N) is 1. The van der Waals surface area contributed by atoms with Crippen LogP contribution in [0.15, 0.2) is 57.5 Å². The first kappa shape index (κ1) is 12.9. The lowest BCUT2D eigenvalue weighted by Gasteiger charge is -1.99. The molecule has 0 aliphatic rings. The van der Waals surface area contributed by atoms with E-state index in [1.807, 2.05) is 42.5 Å². The number of rotatable bonds is 3. The molecule has 0 bridgehead atoms. The van der Waals surface area contributed by atoms with E-state index in [4.69, 9.17) is 10.3 Å². The van der Waals surface area contributed by atoms with Crippen LogP contribution in [0.1, 0.15) is 11.4 Å². The molecule has 100 valence electrons. The Balaban J connectivity index is 1.84. The molecule has 2 N–H and O–H groups in total. The maximum absolute atomic E-state index is 5.76. The number of hydrogen-bond acceptors (Lipinski definition) is 4. The minimum absolute atomic E-state index is 0.497. The maximum atomic E-state index is 5.76. The van der Waals surface area contributed by atoms with Gasteiger partial charge in [0.1, 0.15) is 0 Å². The fraction of sp³-hybridized carbons (Fsp3) is 0.0667. The molecule has 0 spiro atoms. The predicted molar refractivity (Wildman–Crippen MR) is 81.1 cm³/mol. The molecule has 0 aliphatic carbocycles. The summed E-state index contributed by atoms with van der Waals surface area (Å²) in [5.41, 5.74) is 8.44. The van der Waals surface area contributed by atoms with Gasteiger partial charge in [0.25, 0.3) is 5.89 Å². The van der Waals surface area contributed by atoms with Crippen molar-refractivity contribution in [2.75, 3.05) is 5.73 Å². The Morgan fingerprint density at radius 2 is 1.90 bits per heavy atom. The van der Waals surface area contributed by atoms with Crippen LogP contribution >= 0.6 is 15.9 Å². The summed E-state index contributed by atoms with van der Waals surface area (Å²) in [5, 5.41) is 4.01. The van der Waals surface area contributed by atoms with Gasteiger partial charge in [0.2, 0.25) is 0 Å². The smallest absolute Gasteiger partial charge is 0.257 e. The molecule has 3 rings (SSSR count). The third-order valence-electron chi connectivity index (χ3n) is 2.92. The van der Waals surface area contributed by atoms with Gasteiger partial charge in [-0.1, -0.05) is 35.5 Å². The van der Waals surface area contributed by atoms with Crippen LogP contribution in [0.2, 0.25) is 0 Å². The molecule has 0 saturated carbocycles. The highest BCUT2D eigenvalue weighted by molar-refractivity contribution is 9.10. The second kappa shape index (κ2) is 5.46. The molecule has 20 heavy (non-hydrogen) atoms. The summed E-state index contributed by atoms with van der Waals surface area (Å²) in [4.78, 5) is 4.41. The summed E-state index contributed by atoms with van der Waals surface area (Å²) >= 11 is 3.39. The van der Waals surface area contributed by atoms with Gasteiger partial charge in [-0.2, -0.15) is 4.98 Å². The molecule has 3 aromatic rings. The summed E-state index contributed by atoms with van der Waals surface area (Å²) in [7, 11) is 0.